The molecule has 40 heavy (non-hydrogen) atoms. The minimum Gasteiger partial charge on any atom is -0.403 e. The Morgan fingerprint density at radius 2 is 1.90 bits per heavy atom. The standard InChI is InChI=1S/C26H32F3N9O2/c1-6-25(39)34-19-13-20(23(40-26(27,28)29)14-22(19)37(4)10-9-36(2)3)33-24(35-31)12-18(30)16-7-8-21-17(11-16)15-32-38(21)5/h6-8,11-15,30,33,35H,1,9-10,31H2,2-5H3,(H,34,39)/b24-12-,30-18?. The molecule has 2 aromatic carbocycles. The number of benzene rings is 2. The molecule has 3 aromatic rings. The van der Waals surface area contributed by atoms with E-state index in [1.54, 1.807) is 48.1 Å². The van der Waals surface area contributed by atoms with Crippen LogP contribution in [0.3, 0.4) is 0 Å². The summed E-state index contributed by atoms with van der Waals surface area (Å²) in [6, 6.07) is 7.74. The number of nitrogens with one attached hydrogen (secondary N) is 4. The number of carbonyl (C=O) groups excluding carboxylic acids is 1. The van der Waals surface area contributed by atoms with Crippen LogP contribution in [0.2, 0.25) is 0 Å². The lowest BCUT2D eigenvalue weighted by atomic mass is 10.1. The Morgan fingerprint density at radius 1 is 1.18 bits per heavy atom. The molecule has 0 radical (unpaired) electrons. The van der Waals surface area contributed by atoms with Crippen molar-refractivity contribution < 1.29 is 22.7 Å². The van der Waals surface area contributed by atoms with Gasteiger partial charge in [0.25, 0.3) is 0 Å². The van der Waals surface area contributed by atoms with Crippen LogP contribution in [-0.4, -0.2) is 66.9 Å². The Labute approximate surface area is 229 Å². The van der Waals surface area contributed by atoms with E-state index in [1.807, 2.05) is 19.0 Å². The van der Waals surface area contributed by atoms with E-state index in [2.05, 4.69) is 32.5 Å². The molecule has 0 saturated carbocycles. The summed E-state index contributed by atoms with van der Waals surface area (Å²) in [5, 5.41) is 18.9. The highest BCUT2D eigenvalue weighted by Gasteiger charge is 2.33. The molecular formula is C26H32F3N9O2. The summed E-state index contributed by atoms with van der Waals surface area (Å²) < 4.78 is 46.2. The number of hydrogen-bond acceptors (Lipinski definition) is 9. The highest BCUT2D eigenvalue weighted by atomic mass is 19.4. The molecule has 0 spiro atoms. The number of nitrogens with zero attached hydrogens (tertiary/aromatic N) is 4. The molecule has 3 rings (SSSR count). The van der Waals surface area contributed by atoms with E-state index < -0.39 is 18.0 Å². The SMILES string of the molecule is C=CC(=O)Nc1cc(N/C(=C/C(=N)c2ccc3c(cnn3C)c2)NN)c(OC(F)(F)F)cc1N(C)CCN(C)C. The van der Waals surface area contributed by atoms with E-state index in [-0.39, 0.29) is 28.6 Å². The summed E-state index contributed by atoms with van der Waals surface area (Å²) in [7, 11) is 7.20. The number of likely N-dealkylation sites (N-methyl/N-ethyl adjacent to an activating group) is 2. The minimum atomic E-state index is -5.01. The number of hydrogen-bond donors (Lipinski definition) is 5. The molecule has 1 aromatic heterocycles. The Morgan fingerprint density at radius 3 is 2.52 bits per heavy atom. The topological polar surface area (TPSA) is 137 Å². The zero-order valence-electron chi connectivity index (χ0n) is 22.6. The van der Waals surface area contributed by atoms with Gasteiger partial charge in [0.2, 0.25) is 5.91 Å². The number of anilines is 3. The lowest BCUT2D eigenvalue weighted by molar-refractivity contribution is -0.274. The summed E-state index contributed by atoms with van der Waals surface area (Å²) >= 11 is 0. The summed E-state index contributed by atoms with van der Waals surface area (Å²) in [6.07, 6.45) is -0.987. The van der Waals surface area contributed by atoms with Crippen LogP contribution >= 0.6 is 0 Å². The first-order valence-corrected chi connectivity index (χ1v) is 12.0. The van der Waals surface area contributed by atoms with E-state index in [4.69, 9.17) is 11.3 Å². The van der Waals surface area contributed by atoms with Gasteiger partial charge in [0.15, 0.2) is 5.75 Å². The number of hydrazine groups is 1. The third kappa shape index (κ3) is 7.74. The third-order valence-electron chi connectivity index (χ3n) is 5.83. The van der Waals surface area contributed by atoms with Gasteiger partial charge in [-0.15, -0.1) is 13.2 Å². The smallest absolute Gasteiger partial charge is 0.403 e. The minimum absolute atomic E-state index is 0.00184. The maximum Gasteiger partial charge on any atom is 0.573 e. The average Bonchev–Trinajstić information content (AvgIpc) is 3.26. The molecular weight excluding hydrogens is 527 g/mol. The van der Waals surface area contributed by atoms with Crippen LogP contribution in [-0.2, 0) is 11.8 Å². The van der Waals surface area contributed by atoms with Gasteiger partial charge in [0.1, 0.15) is 5.82 Å². The lowest BCUT2D eigenvalue weighted by Crippen LogP contribution is -2.30. The van der Waals surface area contributed by atoms with Crippen molar-refractivity contribution in [3.63, 3.8) is 0 Å². The number of fused-ring (bicyclic) bond motifs is 1. The van der Waals surface area contributed by atoms with E-state index >= 15 is 0 Å². The maximum atomic E-state index is 13.4. The molecule has 6 N–H and O–H groups in total. The highest BCUT2D eigenvalue weighted by molar-refractivity contribution is 6.09. The molecule has 0 saturated heterocycles. The van der Waals surface area contributed by atoms with Gasteiger partial charge in [-0.1, -0.05) is 12.6 Å². The van der Waals surface area contributed by atoms with Gasteiger partial charge >= 0.3 is 6.36 Å². The number of nitrogens with two attached hydrogens (primary N) is 1. The van der Waals surface area contributed by atoms with Gasteiger partial charge < -0.3 is 36.0 Å². The molecule has 0 unspecified atom stereocenters. The molecule has 0 aliphatic rings. The fourth-order valence-corrected chi connectivity index (χ4v) is 3.76. The normalized spacial score (nSPS) is 11.9. The van der Waals surface area contributed by atoms with Crippen LogP contribution < -0.4 is 31.5 Å². The Bertz CT molecular complexity index is 1430. The fraction of sp³-hybridized carbons (Fsp3) is 0.269. The van der Waals surface area contributed by atoms with Crippen LogP contribution in [0.4, 0.5) is 30.2 Å². The molecule has 0 fully saturated rings. The van der Waals surface area contributed by atoms with Crippen molar-refractivity contribution in [3.05, 3.63) is 66.6 Å². The fourth-order valence-electron chi connectivity index (χ4n) is 3.76. The highest BCUT2D eigenvalue weighted by Crippen LogP contribution is 2.40. The third-order valence-corrected chi connectivity index (χ3v) is 5.83. The first kappa shape index (κ1) is 30.0. The van der Waals surface area contributed by atoms with E-state index in [1.165, 1.54) is 18.2 Å². The molecule has 11 nitrogen and oxygen atoms in total. The average molecular weight is 560 g/mol. The Hall–Kier alpha value is -4.56. The molecule has 14 heteroatoms. The van der Waals surface area contributed by atoms with Gasteiger partial charge in [0, 0.05) is 50.3 Å². The summed E-state index contributed by atoms with van der Waals surface area (Å²) in [4.78, 5) is 15.8. The van der Waals surface area contributed by atoms with Crippen molar-refractivity contribution in [1.82, 2.24) is 20.1 Å². The second-order valence-electron chi connectivity index (χ2n) is 9.11. The van der Waals surface area contributed by atoms with Crippen molar-refractivity contribution in [2.45, 2.75) is 6.36 Å². The number of halogens is 3. The van der Waals surface area contributed by atoms with Crippen molar-refractivity contribution in [3.8, 4) is 5.75 Å². The quantitative estimate of drug-likeness (QED) is 0.0986. The monoisotopic (exact) mass is 559 g/mol. The number of aromatic nitrogens is 2. The second-order valence-corrected chi connectivity index (χ2v) is 9.11. The van der Waals surface area contributed by atoms with E-state index in [9.17, 15) is 18.0 Å². The lowest BCUT2D eigenvalue weighted by Gasteiger charge is -2.26. The molecule has 214 valence electrons. The van der Waals surface area contributed by atoms with E-state index in [0.717, 1.165) is 17.0 Å². The van der Waals surface area contributed by atoms with Crippen molar-refractivity contribution in [2.24, 2.45) is 12.9 Å². The van der Waals surface area contributed by atoms with Gasteiger partial charge in [-0.25, -0.2) is 5.84 Å². The summed E-state index contributed by atoms with van der Waals surface area (Å²) in [6.45, 7) is 4.47. The van der Waals surface area contributed by atoms with Crippen molar-refractivity contribution >= 4 is 39.6 Å². The number of carbonyl (C=O) groups is 1. The van der Waals surface area contributed by atoms with Crippen LogP contribution in [0.15, 0.2) is 61.1 Å². The number of ether oxygens (including phenoxy) is 1. The van der Waals surface area contributed by atoms with Crippen LogP contribution in [0, 0.1) is 5.41 Å². The zero-order chi connectivity index (χ0) is 29.6. The van der Waals surface area contributed by atoms with Gasteiger partial charge in [-0.3, -0.25) is 9.48 Å². The van der Waals surface area contributed by atoms with Crippen LogP contribution in [0.25, 0.3) is 10.9 Å². The Kier molecular flexibility index (Phi) is 9.39. The van der Waals surface area contributed by atoms with Gasteiger partial charge in [0.05, 0.1) is 34.5 Å². The first-order valence-electron chi connectivity index (χ1n) is 12.0. The predicted molar refractivity (Wildman–Crippen MR) is 150 cm³/mol. The molecule has 1 amide bonds. The van der Waals surface area contributed by atoms with Crippen LogP contribution in [0.5, 0.6) is 5.75 Å². The van der Waals surface area contributed by atoms with Crippen LogP contribution in [0.1, 0.15) is 5.56 Å². The summed E-state index contributed by atoms with van der Waals surface area (Å²) in [5.41, 5.74) is 4.10. The largest absolute Gasteiger partial charge is 0.573 e. The molecule has 1 heterocycles. The molecule has 0 aliphatic carbocycles. The number of rotatable bonds is 12. The number of alkyl halides is 3. The van der Waals surface area contributed by atoms with Crippen molar-refractivity contribution in [2.75, 3.05) is 49.8 Å². The van der Waals surface area contributed by atoms with Crippen molar-refractivity contribution in [1.29, 1.82) is 5.41 Å². The summed E-state index contributed by atoms with van der Waals surface area (Å²) in [5.74, 6) is 4.53. The molecule has 0 atom stereocenters. The second kappa shape index (κ2) is 12.5. The number of amides is 1. The van der Waals surface area contributed by atoms with E-state index in [0.29, 0.717) is 18.7 Å². The molecule has 0 aliphatic heterocycles. The Balaban J connectivity index is 2.03. The maximum absolute atomic E-state index is 13.4. The number of aryl methyl sites for hydroxylation is 1. The predicted octanol–water partition coefficient (Wildman–Crippen LogP) is 3.38. The number of allylic oxidation sites excluding steroid dienone is 1. The van der Waals surface area contributed by atoms with Gasteiger partial charge in [-0.05, 0) is 38.4 Å². The van der Waals surface area contributed by atoms with Gasteiger partial charge in [-0.2, -0.15) is 5.10 Å². The molecule has 0 bridgehead atoms. The zero-order valence-corrected chi connectivity index (χ0v) is 22.6. The first-order chi connectivity index (χ1) is 18.8.